The molecule has 1 aliphatic rings. The van der Waals surface area contributed by atoms with Crippen LogP contribution < -0.4 is 0 Å². The van der Waals surface area contributed by atoms with Crippen molar-refractivity contribution in [1.82, 2.24) is 0 Å². The third-order valence-electron chi connectivity index (χ3n) is 2.45. The molecule has 0 aliphatic carbocycles. The van der Waals surface area contributed by atoms with Gasteiger partial charge in [-0.05, 0) is 17.6 Å². The van der Waals surface area contributed by atoms with Gasteiger partial charge in [-0.15, -0.1) is 0 Å². The number of hydrogen-bond donors (Lipinski definition) is 0. The van der Waals surface area contributed by atoms with Gasteiger partial charge >= 0.3 is 0 Å². The average Bonchev–Trinajstić information content (AvgIpc) is 2.39. The Morgan fingerprint density at radius 2 is 2.00 bits per heavy atom. The fourth-order valence-electron chi connectivity index (χ4n) is 1.49. The molecule has 2 nitrogen and oxygen atoms in total. The van der Waals surface area contributed by atoms with Gasteiger partial charge < -0.3 is 0 Å². The van der Waals surface area contributed by atoms with Gasteiger partial charge in [-0.3, -0.25) is 0 Å². The zero-order chi connectivity index (χ0) is 9.97. The van der Waals surface area contributed by atoms with Crippen molar-refractivity contribution in [3.05, 3.63) is 35.4 Å². The molecule has 72 valence electrons. The first kappa shape index (κ1) is 9.13. The smallest absolute Gasteiger partial charge is 0.0924 e. The fraction of sp³-hybridized carbons (Fsp3) is 0.333. The third kappa shape index (κ3) is 1.74. The maximum Gasteiger partial charge on any atom is 0.0924 e. The molecule has 0 amide bonds. The summed E-state index contributed by atoms with van der Waals surface area (Å²) >= 11 is 0. The summed E-state index contributed by atoms with van der Waals surface area (Å²) in [5.74, 6) is 0.542. The highest BCUT2D eigenvalue weighted by atomic mass is 15.1. The maximum atomic E-state index is 4.19. The van der Waals surface area contributed by atoms with E-state index in [0.29, 0.717) is 5.92 Å². The molecule has 0 saturated heterocycles. The molecule has 1 aromatic rings. The van der Waals surface area contributed by atoms with Gasteiger partial charge in [0.25, 0.3) is 0 Å². The van der Waals surface area contributed by atoms with Gasteiger partial charge in [-0.25, -0.2) is 0 Å². The van der Waals surface area contributed by atoms with E-state index in [9.17, 15) is 0 Å². The predicted octanol–water partition coefficient (Wildman–Crippen LogP) is 3.82. The Morgan fingerprint density at radius 3 is 2.79 bits per heavy atom. The third-order valence-corrected chi connectivity index (χ3v) is 2.45. The number of fused-ring (bicyclic) bond motifs is 1. The van der Waals surface area contributed by atoms with E-state index in [0.717, 1.165) is 12.2 Å². The van der Waals surface area contributed by atoms with E-state index in [1.807, 2.05) is 18.2 Å². The molecule has 0 unspecified atom stereocenters. The monoisotopic (exact) mass is 186 g/mol. The van der Waals surface area contributed by atoms with Crippen molar-refractivity contribution in [3.8, 4) is 0 Å². The van der Waals surface area contributed by atoms with Gasteiger partial charge in [0.05, 0.1) is 12.2 Å². The number of rotatable bonds is 1. The SMILES string of the molecule is CC(C)C1=Cc2ccccc2N=NC1. The number of azo groups is 1. The van der Waals surface area contributed by atoms with E-state index in [-0.39, 0.29) is 0 Å². The Balaban J connectivity index is 2.47. The number of nitrogens with zero attached hydrogens (tertiary/aromatic N) is 2. The normalized spacial score (nSPS) is 14.9. The molecular formula is C12H14N2. The van der Waals surface area contributed by atoms with E-state index in [1.54, 1.807) is 0 Å². The zero-order valence-corrected chi connectivity index (χ0v) is 8.57. The largest absolute Gasteiger partial charge is 0.184 e. The quantitative estimate of drug-likeness (QED) is 0.637. The van der Waals surface area contributed by atoms with Gasteiger partial charge in [0, 0.05) is 5.56 Å². The van der Waals surface area contributed by atoms with Crippen LogP contribution in [0.4, 0.5) is 5.69 Å². The van der Waals surface area contributed by atoms with Gasteiger partial charge in [0.2, 0.25) is 0 Å². The molecule has 0 spiro atoms. The zero-order valence-electron chi connectivity index (χ0n) is 8.57. The summed E-state index contributed by atoms with van der Waals surface area (Å²) in [5, 5.41) is 8.36. The predicted molar refractivity (Wildman–Crippen MR) is 58.6 cm³/mol. The molecule has 0 aromatic heterocycles. The van der Waals surface area contributed by atoms with Crippen LogP contribution in [0, 0.1) is 5.92 Å². The van der Waals surface area contributed by atoms with Gasteiger partial charge in [0.1, 0.15) is 0 Å². The van der Waals surface area contributed by atoms with E-state index in [2.05, 4.69) is 36.2 Å². The van der Waals surface area contributed by atoms with Crippen LogP contribution in [0.5, 0.6) is 0 Å². The highest BCUT2D eigenvalue weighted by Crippen LogP contribution is 2.27. The van der Waals surface area contributed by atoms with E-state index in [1.165, 1.54) is 11.1 Å². The lowest BCUT2D eigenvalue weighted by Crippen LogP contribution is -1.96. The highest BCUT2D eigenvalue weighted by molar-refractivity contribution is 5.66. The summed E-state index contributed by atoms with van der Waals surface area (Å²) in [5.41, 5.74) is 3.50. The number of benzene rings is 1. The minimum absolute atomic E-state index is 0.542. The minimum atomic E-state index is 0.542. The Hall–Kier alpha value is -1.44. The fourth-order valence-corrected chi connectivity index (χ4v) is 1.49. The molecule has 2 rings (SSSR count). The van der Waals surface area contributed by atoms with Crippen LogP contribution in [0.3, 0.4) is 0 Å². The van der Waals surface area contributed by atoms with Crippen LogP contribution in [0.1, 0.15) is 19.4 Å². The summed E-state index contributed by atoms with van der Waals surface area (Å²) in [4.78, 5) is 0. The molecule has 0 radical (unpaired) electrons. The first-order valence-corrected chi connectivity index (χ1v) is 4.94. The van der Waals surface area contributed by atoms with Crippen molar-refractivity contribution in [2.45, 2.75) is 13.8 Å². The van der Waals surface area contributed by atoms with Crippen LogP contribution in [0.2, 0.25) is 0 Å². The number of hydrogen-bond acceptors (Lipinski definition) is 2. The van der Waals surface area contributed by atoms with Crippen molar-refractivity contribution >= 4 is 11.8 Å². The highest BCUT2D eigenvalue weighted by Gasteiger charge is 2.08. The molecule has 1 aliphatic heterocycles. The lowest BCUT2D eigenvalue weighted by Gasteiger charge is -2.06. The van der Waals surface area contributed by atoms with Crippen molar-refractivity contribution in [2.24, 2.45) is 16.1 Å². The van der Waals surface area contributed by atoms with Crippen LogP contribution in [0.15, 0.2) is 40.1 Å². The van der Waals surface area contributed by atoms with Crippen LogP contribution in [-0.4, -0.2) is 6.54 Å². The average molecular weight is 186 g/mol. The van der Waals surface area contributed by atoms with Crippen molar-refractivity contribution in [1.29, 1.82) is 0 Å². The summed E-state index contributed by atoms with van der Waals surface area (Å²) in [6, 6.07) is 8.11. The molecule has 1 heterocycles. The topological polar surface area (TPSA) is 24.7 Å². The second-order valence-corrected chi connectivity index (χ2v) is 3.83. The van der Waals surface area contributed by atoms with E-state index < -0.39 is 0 Å². The first-order valence-electron chi connectivity index (χ1n) is 4.94. The van der Waals surface area contributed by atoms with E-state index in [4.69, 9.17) is 0 Å². The molecule has 0 atom stereocenters. The lowest BCUT2D eigenvalue weighted by molar-refractivity contribution is 0.746. The summed E-state index contributed by atoms with van der Waals surface area (Å²) < 4.78 is 0. The second kappa shape index (κ2) is 3.74. The van der Waals surface area contributed by atoms with Crippen molar-refractivity contribution < 1.29 is 0 Å². The van der Waals surface area contributed by atoms with Crippen molar-refractivity contribution in [2.75, 3.05) is 6.54 Å². The Bertz CT molecular complexity index is 389. The van der Waals surface area contributed by atoms with E-state index >= 15 is 0 Å². The standard InChI is InChI=1S/C12H14N2/c1-9(2)11-7-10-5-3-4-6-12(10)14-13-8-11/h3-7,9H,8H2,1-2H3. The molecular weight excluding hydrogens is 172 g/mol. The van der Waals surface area contributed by atoms with Gasteiger partial charge in [0.15, 0.2) is 0 Å². The van der Waals surface area contributed by atoms with Crippen molar-refractivity contribution in [3.63, 3.8) is 0 Å². The molecule has 0 fully saturated rings. The molecule has 0 N–H and O–H groups in total. The van der Waals surface area contributed by atoms with Gasteiger partial charge in [-0.2, -0.15) is 10.2 Å². The van der Waals surface area contributed by atoms with Gasteiger partial charge in [-0.1, -0.05) is 38.1 Å². The van der Waals surface area contributed by atoms with Crippen LogP contribution in [-0.2, 0) is 0 Å². The Morgan fingerprint density at radius 1 is 1.21 bits per heavy atom. The Labute approximate surface area is 84.4 Å². The molecule has 1 aromatic carbocycles. The minimum Gasteiger partial charge on any atom is -0.184 e. The maximum absolute atomic E-state index is 4.19. The second-order valence-electron chi connectivity index (χ2n) is 3.83. The summed E-state index contributed by atoms with van der Waals surface area (Å²) in [6.45, 7) is 5.11. The first-order chi connectivity index (χ1) is 6.77. The molecule has 14 heavy (non-hydrogen) atoms. The molecule has 0 bridgehead atoms. The molecule has 0 saturated carbocycles. The molecule has 2 heteroatoms. The Kier molecular flexibility index (Phi) is 2.44. The summed E-state index contributed by atoms with van der Waals surface area (Å²) in [7, 11) is 0. The summed E-state index contributed by atoms with van der Waals surface area (Å²) in [6.07, 6.45) is 2.21. The lowest BCUT2D eigenvalue weighted by atomic mass is 10.0. The van der Waals surface area contributed by atoms with Crippen LogP contribution in [0.25, 0.3) is 6.08 Å². The van der Waals surface area contributed by atoms with Crippen LogP contribution >= 0.6 is 0 Å².